The maximum absolute atomic E-state index is 12.9. The van der Waals surface area contributed by atoms with Crippen LogP contribution in [0, 0.1) is 0 Å². The second-order valence-corrected chi connectivity index (χ2v) is 9.51. The number of benzene rings is 2. The van der Waals surface area contributed by atoms with Crippen LogP contribution in [0.3, 0.4) is 0 Å². The third-order valence-corrected chi connectivity index (χ3v) is 5.84. The molecule has 1 aliphatic heterocycles. The molecule has 1 saturated heterocycles. The fraction of sp³-hybridized carbons (Fsp3) is 0.462. The number of nitrogens with zero attached hydrogens (tertiary/aromatic N) is 1. The molecule has 2 aromatic rings. The second-order valence-electron chi connectivity index (χ2n) is 9.51. The molecule has 3 N–H and O–H groups in total. The lowest BCUT2D eigenvalue weighted by Gasteiger charge is -2.21. The first kappa shape index (κ1) is 23.8. The number of hydrogen-bond acceptors (Lipinski definition) is 3. The first-order chi connectivity index (χ1) is 15.3. The number of urea groups is 1. The largest absolute Gasteiger partial charge is 0.353 e. The highest BCUT2D eigenvalue weighted by atomic mass is 16.2. The first-order valence-electron chi connectivity index (χ1n) is 11.5. The van der Waals surface area contributed by atoms with Gasteiger partial charge in [0.15, 0.2) is 0 Å². The molecular formula is C26H36N4O2. The Hall–Kier alpha value is -2.86. The van der Waals surface area contributed by atoms with Gasteiger partial charge in [0.1, 0.15) is 6.04 Å². The molecule has 0 spiro atoms. The molecular weight excluding hydrogens is 400 g/mol. The van der Waals surface area contributed by atoms with Crippen LogP contribution in [0.2, 0.25) is 0 Å². The summed E-state index contributed by atoms with van der Waals surface area (Å²) in [5.74, 6) is -0.161. The highest BCUT2D eigenvalue weighted by Crippen LogP contribution is 2.23. The predicted molar refractivity (Wildman–Crippen MR) is 130 cm³/mol. The van der Waals surface area contributed by atoms with Crippen LogP contribution in [0.25, 0.3) is 0 Å². The van der Waals surface area contributed by atoms with Gasteiger partial charge in [-0.2, -0.15) is 0 Å². The van der Waals surface area contributed by atoms with Crippen molar-refractivity contribution in [3.63, 3.8) is 0 Å². The number of anilines is 1. The van der Waals surface area contributed by atoms with E-state index in [-0.39, 0.29) is 17.4 Å². The Bertz CT molecular complexity index is 869. The zero-order valence-electron chi connectivity index (χ0n) is 19.5. The Morgan fingerprint density at radius 1 is 0.969 bits per heavy atom. The Balaban J connectivity index is 1.59. The molecule has 0 aliphatic carbocycles. The summed E-state index contributed by atoms with van der Waals surface area (Å²) in [4.78, 5) is 27.9. The molecule has 172 valence electrons. The van der Waals surface area contributed by atoms with E-state index in [1.165, 1.54) is 18.4 Å². The maximum Gasteiger partial charge on any atom is 0.319 e. The fourth-order valence-electron chi connectivity index (χ4n) is 3.90. The Labute approximate surface area is 191 Å². The summed E-state index contributed by atoms with van der Waals surface area (Å²) in [6.07, 6.45) is 2.89. The highest BCUT2D eigenvalue weighted by Gasteiger charge is 2.22. The lowest BCUT2D eigenvalue weighted by atomic mass is 9.87. The van der Waals surface area contributed by atoms with Gasteiger partial charge >= 0.3 is 6.03 Å². The average Bonchev–Trinajstić information content (AvgIpc) is 3.27. The summed E-state index contributed by atoms with van der Waals surface area (Å²) in [5, 5.41) is 8.72. The molecule has 0 aromatic heterocycles. The average molecular weight is 437 g/mol. The molecule has 1 heterocycles. The van der Waals surface area contributed by atoms with Gasteiger partial charge in [-0.3, -0.25) is 4.79 Å². The second kappa shape index (κ2) is 11.1. The van der Waals surface area contributed by atoms with E-state index in [0.717, 1.165) is 25.2 Å². The predicted octanol–water partition coefficient (Wildman–Crippen LogP) is 3.93. The highest BCUT2D eigenvalue weighted by molar-refractivity contribution is 5.93. The number of likely N-dealkylation sites (tertiary alicyclic amines) is 1. The lowest BCUT2D eigenvalue weighted by Crippen LogP contribution is -2.50. The van der Waals surface area contributed by atoms with Crippen molar-refractivity contribution < 1.29 is 9.59 Å². The van der Waals surface area contributed by atoms with E-state index in [4.69, 9.17) is 0 Å². The number of amides is 3. The van der Waals surface area contributed by atoms with E-state index in [0.29, 0.717) is 18.7 Å². The molecule has 0 bridgehead atoms. The normalized spacial score (nSPS) is 15.2. The summed E-state index contributed by atoms with van der Waals surface area (Å²) in [6, 6.07) is 16.5. The topological polar surface area (TPSA) is 73.5 Å². The van der Waals surface area contributed by atoms with Crippen LogP contribution in [0.4, 0.5) is 10.5 Å². The lowest BCUT2D eigenvalue weighted by molar-refractivity contribution is -0.122. The monoisotopic (exact) mass is 436 g/mol. The summed E-state index contributed by atoms with van der Waals surface area (Å²) in [6.45, 7) is 10.1. The Kier molecular flexibility index (Phi) is 8.28. The van der Waals surface area contributed by atoms with Crippen molar-refractivity contribution in [3.8, 4) is 0 Å². The van der Waals surface area contributed by atoms with E-state index in [1.54, 1.807) is 0 Å². The number of rotatable bonds is 8. The molecule has 1 aliphatic rings. The van der Waals surface area contributed by atoms with Crippen molar-refractivity contribution in [2.45, 2.75) is 51.5 Å². The summed E-state index contributed by atoms with van der Waals surface area (Å²) in [5.41, 5.74) is 2.95. The van der Waals surface area contributed by atoms with Gasteiger partial charge < -0.3 is 20.9 Å². The van der Waals surface area contributed by atoms with Crippen molar-refractivity contribution >= 4 is 17.6 Å². The molecule has 0 unspecified atom stereocenters. The number of carbonyl (C=O) groups excluding carboxylic acids is 2. The van der Waals surface area contributed by atoms with Crippen LogP contribution in [-0.2, 0) is 16.6 Å². The molecule has 1 atom stereocenters. The molecule has 3 amide bonds. The van der Waals surface area contributed by atoms with Crippen molar-refractivity contribution in [2.24, 2.45) is 0 Å². The van der Waals surface area contributed by atoms with Gasteiger partial charge in [0, 0.05) is 25.2 Å². The molecule has 32 heavy (non-hydrogen) atoms. The molecule has 0 saturated carbocycles. The maximum atomic E-state index is 12.9. The molecule has 3 rings (SSSR count). The van der Waals surface area contributed by atoms with Crippen molar-refractivity contribution in [2.75, 3.05) is 31.5 Å². The van der Waals surface area contributed by atoms with Gasteiger partial charge in [-0.25, -0.2) is 4.79 Å². The molecule has 0 radical (unpaired) electrons. The number of carbonyl (C=O) groups is 2. The van der Waals surface area contributed by atoms with E-state index in [9.17, 15) is 9.59 Å². The molecule has 2 aromatic carbocycles. The van der Waals surface area contributed by atoms with E-state index in [1.807, 2.05) is 54.6 Å². The van der Waals surface area contributed by atoms with E-state index in [2.05, 4.69) is 41.6 Å². The van der Waals surface area contributed by atoms with Gasteiger partial charge in [-0.15, -0.1) is 0 Å². The SMILES string of the molecule is CC(C)(C)c1ccc(NC(=O)N[C@@H](Cc2ccccc2)C(=O)NCCN2CCCC2)cc1. The minimum Gasteiger partial charge on any atom is -0.353 e. The number of hydrogen-bond donors (Lipinski definition) is 3. The van der Waals surface area contributed by atoms with Crippen LogP contribution in [-0.4, -0.2) is 49.1 Å². The minimum absolute atomic E-state index is 0.0503. The van der Waals surface area contributed by atoms with Gasteiger partial charge in [0.25, 0.3) is 0 Å². The van der Waals surface area contributed by atoms with Gasteiger partial charge in [-0.1, -0.05) is 63.2 Å². The van der Waals surface area contributed by atoms with Crippen LogP contribution in [0.1, 0.15) is 44.7 Å². The number of nitrogens with one attached hydrogen (secondary N) is 3. The van der Waals surface area contributed by atoms with Gasteiger partial charge in [0.2, 0.25) is 5.91 Å². The molecule has 1 fully saturated rings. The van der Waals surface area contributed by atoms with Crippen LogP contribution in [0.5, 0.6) is 0 Å². The minimum atomic E-state index is -0.648. The van der Waals surface area contributed by atoms with Gasteiger partial charge in [0.05, 0.1) is 0 Å². The van der Waals surface area contributed by atoms with Crippen molar-refractivity contribution in [1.29, 1.82) is 0 Å². The zero-order valence-corrected chi connectivity index (χ0v) is 19.5. The summed E-state index contributed by atoms with van der Waals surface area (Å²) >= 11 is 0. The molecule has 6 nitrogen and oxygen atoms in total. The van der Waals surface area contributed by atoms with Crippen LogP contribution >= 0.6 is 0 Å². The van der Waals surface area contributed by atoms with Crippen LogP contribution in [0.15, 0.2) is 54.6 Å². The third-order valence-electron chi connectivity index (χ3n) is 5.84. The smallest absolute Gasteiger partial charge is 0.319 e. The standard InChI is InChI=1S/C26H36N4O2/c1-26(2,3)21-11-13-22(14-12-21)28-25(32)29-23(19-20-9-5-4-6-10-20)24(31)27-15-18-30-16-7-8-17-30/h4-6,9-14,23H,7-8,15-19H2,1-3H3,(H,27,31)(H2,28,29,32)/t23-/m0/s1. The molecule has 6 heteroatoms. The van der Waals surface area contributed by atoms with Crippen molar-refractivity contribution in [1.82, 2.24) is 15.5 Å². The summed E-state index contributed by atoms with van der Waals surface area (Å²) in [7, 11) is 0. The Morgan fingerprint density at radius 3 is 2.25 bits per heavy atom. The van der Waals surface area contributed by atoms with Gasteiger partial charge in [-0.05, 0) is 54.6 Å². The third kappa shape index (κ3) is 7.38. The quantitative estimate of drug-likeness (QED) is 0.587. The summed E-state index contributed by atoms with van der Waals surface area (Å²) < 4.78 is 0. The van der Waals surface area contributed by atoms with E-state index >= 15 is 0 Å². The van der Waals surface area contributed by atoms with Crippen molar-refractivity contribution in [3.05, 3.63) is 65.7 Å². The van der Waals surface area contributed by atoms with Crippen LogP contribution < -0.4 is 16.0 Å². The Morgan fingerprint density at radius 2 is 1.62 bits per heavy atom. The fourth-order valence-corrected chi connectivity index (χ4v) is 3.90. The zero-order chi connectivity index (χ0) is 23.0. The first-order valence-corrected chi connectivity index (χ1v) is 11.5. The van der Waals surface area contributed by atoms with E-state index < -0.39 is 6.04 Å².